The molecule has 0 fully saturated rings. The van der Waals surface area contributed by atoms with Gasteiger partial charge in [0, 0.05) is 15.5 Å². The van der Waals surface area contributed by atoms with Crippen LogP contribution in [-0.4, -0.2) is 6.54 Å². The van der Waals surface area contributed by atoms with Gasteiger partial charge in [-0.15, -0.1) is 0 Å². The van der Waals surface area contributed by atoms with Gasteiger partial charge in [0.2, 0.25) is 0 Å². The highest BCUT2D eigenvalue weighted by Gasteiger charge is 2.15. The van der Waals surface area contributed by atoms with Crippen molar-refractivity contribution in [1.29, 1.82) is 0 Å². The van der Waals surface area contributed by atoms with Crippen LogP contribution in [0.3, 0.4) is 0 Å². The van der Waals surface area contributed by atoms with Gasteiger partial charge in [0.05, 0.1) is 0 Å². The van der Waals surface area contributed by atoms with Crippen molar-refractivity contribution in [1.82, 2.24) is 5.32 Å². The van der Waals surface area contributed by atoms with Gasteiger partial charge in [-0.3, -0.25) is 0 Å². The molecule has 112 valence electrons. The maximum Gasteiger partial charge on any atom is 0.0409 e. The van der Waals surface area contributed by atoms with E-state index in [1.54, 1.807) is 0 Å². The highest BCUT2D eigenvalue weighted by molar-refractivity contribution is 9.10. The second-order valence-electron chi connectivity index (χ2n) is 5.30. The Morgan fingerprint density at radius 2 is 1.95 bits per heavy atom. The van der Waals surface area contributed by atoms with E-state index in [1.165, 1.54) is 16.7 Å². The Labute approximate surface area is 140 Å². The number of benzene rings is 2. The van der Waals surface area contributed by atoms with Gasteiger partial charge in [-0.25, -0.2) is 0 Å². The molecular formula is C18H21BrClN. The fourth-order valence-electron chi connectivity index (χ4n) is 2.48. The summed E-state index contributed by atoms with van der Waals surface area (Å²) in [5, 5.41) is 4.45. The van der Waals surface area contributed by atoms with Gasteiger partial charge in [-0.05, 0) is 61.2 Å². The quantitative estimate of drug-likeness (QED) is 0.692. The topological polar surface area (TPSA) is 12.0 Å². The lowest BCUT2D eigenvalue weighted by molar-refractivity contribution is 0.526. The van der Waals surface area contributed by atoms with Gasteiger partial charge in [0.15, 0.2) is 0 Å². The molecule has 0 radical (unpaired) electrons. The summed E-state index contributed by atoms with van der Waals surface area (Å²) in [6, 6.07) is 14.8. The van der Waals surface area contributed by atoms with E-state index in [0.717, 1.165) is 28.9 Å². The molecule has 0 bridgehead atoms. The lowest BCUT2D eigenvalue weighted by Crippen LogP contribution is -2.25. The molecule has 0 aliphatic rings. The Morgan fingerprint density at radius 1 is 1.19 bits per heavy atom. The van der Waals surface area contributed by atoms with Crippen molar-refractivity contribution < 1.29 is 0 Å². The maximum atomic E-state index is 6.19. The number of rotatable bonds is 6. The van der Waals surface area contributed by atoms with Crippen LogP contribution < -0.4 is 5.32 Å². The lowest BCUT2D eigenvalue weighted by atomic mass is 9.95. The standard InChI is InChI=1S/C18H21BrClN/c1-3-10-21-18(11-14-6-4-5-7-17(14)19)16-12-15(20)9-8-13(16)2/h4-9,12,18,21H,3,10-11H2,1-2H3. The van der Waals surface area contributed by atoms with E-state index in [0.29, 0.717) is 0 Å². The van der Waals surface area contributed by atoms with Gasteiger partial charge in [-0.2, -0.15) is 0 Å². The lowest BCUT2D eigenvalue weighted by Gasteiger charge is -2.22. The van der Waals surface area contributed by atoms with Crippen molar-refractivity contribution in [2.24, 2.45) is 0 Å². The SMILES string of the molecule is CCCNC(Cc1ccccc1Br)c1cc(Cl)ccc1C. The first-order valence-corrected chi connectivity index (χ1v) is 8.51. The van der Waals surface area contributed by atoms with E-state index in [4.69, 9.17) is 11.6 Å². The summed E-state index contributed by atoms with van der Waals surface area (Å²) in [6.45, 7) is 5.33. The molecule has 21 heavy (non-hydrogen) atoms. The number of nitrogens with one attached hydrogen (secondary N) is 1. The Hall–Kier alpha value is -0.830. The normalized spacial score (nSPS) is 12.4. The van der Waals surface area contributed by atoms with E-state index in [2.05, 4.69) is 65.4 Å². The molecule has 0 saturated heterocycles. The van der Waals surface area contributed by atoms with E-state index < -0.39 is 0 Å². The molecule has 0 saturated carbocycles. The van der Waals surface area contributed by atoms with Crippen LogP contribution in [0, 0.1) is 6.92 Å². The molecule has 2 aromatic rings. The molecule has 0 aliphatic heterocycles. The Balaban J connectivity index is 2.30. The summed E-state index contributed by atoms with van der Waals surface area (Å²) in [5.41, 5.74) is 3.87. The largest absolute Gasteiger partial charge is 0.310 e. The zero-order chi connectivity index (χ0) is 15.2. The van der Waals surface area contributed by atoms with Crippen molar-refractivity contribution in [3.63, 3.8) is 0 Å². The Kier molecular flexibility index (Phi) is 6.28. The van der Waals surface area contributed by atoms with Crippen LogP contribution in [0.25, 0.3) is 0 Å². The highest BCUT2D eigenvalue weighted by Crippen LogP contribution is 2.27. The number of hydrogen-bond acceptors (Lipinski definition) is 1. The molecular weight excluding hydrogens is 346 g/mol. The fraction of sp³-hybridized carbons (Fsp3) is 0.333. The molecule has 0 amide bonds. The highest BCUT2D eigenvalue weighted by atomic mass is 79.9. The van der Waals surface area contributed by atoms with Crippen LogP contribution in [0.15, 0.2) is 46.9 Å². The average molecular weight is 367 g/mol. The average Bonchev–Trinajstić information content (AvgIpc) is 2.48. The first-order chi connectivity index (χ1) is 10.1. The van der Waals surface area contributed by atoms with Crippen molar-refractivity contribution >= 4 is 27.5 Å². The predicted molar refractivity (Wildman–Crippen MR) is 95.1 cm³/mol. The summed E-state index contributed by atoms with van der Waals surface area (Å²) in [4.78, 5) is 0. The summed E-state index contributed by atoms with van der Waals surface area (Å²) < 4.78 is 1.16. The molecule has 2 rings (SSSR count). The third kappa shape index (κ3) is 4.57. The first-order valence-electron chi connectivity index (χ1n) is 7.34. The number of halogens is 2. The van der Waals surface area contributed by atoms with Gasteiger partial charge in [0.25, 0.3) is 0 Å². The van der Waals surface area contributed by atoms with Gasteiger partial charge in [-0.1, -0.05) is 58.7 Å². The van der Waals surface area contributed by atoms with Crippen LogP contribution in [-0.2, 0) is 6.42 Å². The van der Waals surface area contributed by atoms with Crippen molar-refractivity contribution in [3.8, 4) is 0 Å². The van der Waals surface area contributed by atoms with Crippen LogP contribution in [0.5, 0.6) is 0 Å². The second kappa shape index (κ2) is 7.98. The van der Waals surface area contributed by atoms with Crippen molar-refractivity contribution in [3.05, 3.63) is 68.7 Å². The number of aryl methyl sites for hydroxylation is 1. The van der Waals surface area contributed by atoms with Gasteiger partial charge in [0.1, 0.15) is 0 Å². The van der Waals surface area contributed by atoms with E-state index >= 15 is 0 Å². The van der Waals surface area contributed by atoms with Crippen LogP contribution in [0.2, 0.25) is 5.02 Å². The molecule has 0 aromatic heterocycles. The fourth-order valence-corrected chi connectivity index (χ4v) is 3.11. The molecule has 1 atom stereocenters. The zero-order valence-electron chi connectivity index (χ0n) is 12.5. The summed E-state index contributed by atoms with van der Waals surface area (Å²) in [5.74, 6) is 0. The van der Waals surface area contributed by atoms with Crippen molar-refractivity contribution in [2.75, 3.05) is 6.54 Å². The molecule has 1 unspecified atom stereocenters. The van der Waals surface area contributed by atoms with Crippen LogP contribution >= 0.6 is 27.5 Å². The molecule has 1 N–H and O–H groups in total. The molecule has 3 heteroatoms. The first kappa shape index (κ1) is 16.5. The van der Waals surface area contributed by atoms with E-state index in [9.17, 15) is 0 Å². The maximum absolute atomic E-state index is 6.19. The minimum Gasteiger partial charge on any atom is -0.310 e. The van der Waals surface area contributed by atoms with Gasteiger partial charge >= 0.3 is 0 Å². The summed E-state index contributed by atoms with van der Waals surface area (Å²) in [7, 11) is 0. The molecule has 1 nitrogen and oxygen atoms in total. The summed E-state index contributed by atoms with van der Waals surface area (Å²) >= 11 is 9.84. The zero-order valence-corrected chi connectivity index (χ0v) is 14.8. The minimum absolute atomic E-state index is 0.280. The van der Waals surface area contributed by atoms with Gasteiger partial charge < -0.3 is 5.32 Å². The molecule has 0 heterocycles. The van der Waals surface area contributed by atoms with Crippen LogP contribution in [0.4, 0.5) is 0 Å². The third-order valence-corrected chi connectivity index (χ3v) is 4.65. The Bertz CT molecular complexity index is 598. The minimum atomic E-state index is 0.280. The molecule has 0 spiro atoms. The van der Waals surface area contributed by atoms with E-state index in [1.807, 2.05) is 12.1 Å². The summed E-state index contributed by atoms with van der Waals surface area (Å²) in [6.07, 6.45) is 2.06. The Morgan fingerprint density at radius 3 is 2.67 bits per heavy atom. The third-order valence-electron chi connectivity index (χ3n) is 3.64. The van der Waals surface area contributed by atoms with E-state index in [-0.39, 0.29) is 6.04 Å². The van der Waals surface area contributed by atoms with Crippen molar-refractivity contribution in [2.45, 2.75) is 32.7 Å². The van der Waals surface area contributed by atoms with Crippen LogP contribution in [0.1, 0.15) is 36.1 Å². The predicted octanol–water partition coefficient (Wildman–Crippen LogP) is 5.69. The molecule has 0 aliphatic carbocycles. The second-order valence-corrected chi connectivity index (χ2v) is 6.59. The monoisotopic (exact) mass is 365 g/mol. The number of hydrogen-bond donors (Lipinski definition) is 1. The smallest absolute Gasteiger partial charge is 0.0409 e. The molecule has 2 aromatic carbocycles.